The zero-order valence-electron chi connectivity index (χ0n) is 13.5. The molecule has 0 spiro atoms. The highest BCUT2D eigenvalue weighted by molar-refractivity contribution is 5.80. The highest BCUT2D eigenvalue weighted by Crippen LogP contribution is 2.29. The number of nitrogens with one attached hydrogen (secondary N) is 2. The SMILES string of the molecule is Cc1cccc(Nc2ncnc(Nc3ccc(F)cc3)c2N)c1C. The highest BCUT2D eigenvalue weighted by atomic mass is 19.1. The first-order valence-electron chi connectivity index (χ1n) is 7.51. The number of rotatable bonds is 4. The molecule has 4 N–H and O–H groups in total. The van der Waals surface area contributed by atoms with Crippen LogP contribution in [0.2, 0.25) is 0 Å². The van der Waals surface area contributed by atoms with Gasteiger partial charge in [0.05, 0.1) is 0 Å². The fourth-order valence-electron chi connectivity index (χ4n) is 2.28. The van der Waals surface area contributed by atoms with Crippen molar-refractivity contribution < 1.29 is 4.39 Å². The van der Waals surface area contributed by atoms with Crippen molar-refractivity contribution in [3.05, 3.63) is 65.7 Å². The van der Waals surface area contributed by atoms with Gasteiger partial charge < -0.3 is 16.4 Å². The summed E-state index contributed by atoms with van der Waals surface area (Å²) >= 11 is 0. The van der Waals surface area contributed by atoms with E-state index in [0.717, 1.165) is 11.3 Å². The average molecular weight is 323 g/mol. The van der Waals surface area contributed by atoms with Gasteiger partial charge in [-0.1, -0.05) is 12.1 Å². The summed E-state index contributed by atoms with van der Waals surface area (Å²) in [6, 6.07) is 12.0. The van der Waals surface area contributed by atoms with Crippen LogP contribution in [0.3, 0.4) is 0 Å². The van der Waals surface area contributed by atoms with Crippen molar-refractivity contribution in [2.24, 2.45) is 0 Å². The topological polar surface area (TPSA) is 75.9 Å². The third-order valence-corrected chi connectivity index (χ3v) is 3.85. The number of nitrogens with two attached hydrogens (primary N) is 1. The molecule has 3 rings (SSSR count). The summed E-state index contributed by atoms with van der Waals surface area (Å²) in [6.45, 7) is 4.08. The van der Waals surface area contributed by atoms with Crippen molar-refractivity contribution in [1.82, 2.24) is 9.97 Å². The molecule has 1 aromatic heterocycles. The van der Waals surface area contributed by atoms with Crippen LogP contribution in [0.4, 0.5) is 33.1 Å². The lowest BCUT2D eigenvalue weighted by Gasteiger charge is -2.14. The molecule has 0 fully saturated rings. The molecule has 5 nitrogen and oxygen atoms in total. The van der Waals surface area contributed by atoms with Gasteiger partial charge in [-0.15, -0.1) is 0 Å². The standard InChI is InChI=1S/C18H18FN5/c1-11-4-3-5-15(12(11)2)24-18-16(20)17(21-10-22-18)23-14-8-6-13(19)7-9-14/h3-10H,20H2,1-2H3,(H2,21,22,23,24). The third kappa shape index (κ3) is 3.27. The Kier molecular flexibility index (Phi) is 4.29. The van der Waals surface area contributed by atoms with Crippen LogP contribution in [-0.4, -0.2) is 9.97 Å². The van der Waals surface area contributed by atoms with Crippen LogP contribution in [0.25, 0.3) is 0 Å². The van der Waals surface area contributed by atoms with Crippen molar-refractivity contribution in [3.8, 4) is 0 Å². The van der Waals surface area contributed by atoms with Crippen molar-refractivity contribution >= 4 is 28.7 Å². The molecule has 0 radical (unpaired) electrons. The van der Waals surface area contributed by atoms with E-state index in [1.54, 1.807) is 12.1 Å². The molecule has 0 aliphatic rings. The Balaban J connectivity index is 1.88. The molecule has 3 aromatic rings. The van der Waals surface area contributed by atoms with Gasteiger partial charge in [-0.25, -0.2) is 14.4 Å². The molecule has 0 unspecified atom stereocenters. The molecule has 0 bridgehead atoms. The van der Waals surface area contributed by atoms with Crippen molar-refractivity contribution in [1.29, 1.82) is 0 Å². The van der Waals surface area contributed by atoms with Gasteiger partial charge in [0.15, 0.2) is 11.6 Å². The molecular weight excluding hydrogens is 305 g/mol. The Hall–Kier alpha value is -3.15. The molecule has 0 aliphatic carbocycles. The fraction of sp³-hybridized carbons (Fsp3) is 0.111. The summed E-state index contributed by atoms with van der Waals surface area (Å²) in [7, 11) is 0. The van der Waals surface area contributed by atoms with Crippen molar-refractivity contribution in [2.75, 3.05) is 16.4 Å². The van der Waals surface area contributed by atoms with Gasteiger partial charge in [-0.3, -0.25) is 0 Å². The molecule has 0 atom stereocenters. The van der Waals surface area contributed by atoms with E-state index in [2.05, 4.69) is 20.6 Å². The average Bonchev–Trinajstić information content (AvgIpc) is 2.57. The molecular formula is C18H18FN5. The minimum atomic E-state index is -0.298. The molecule has 2 aromatic carbocycles. The molecule has 1 heterocycles. The van der Waals surface area contributed by atoms with Gasteiger partial charge in [0, 0.05) is 11.4 Å². The summed E-state index contributed by atoms with van der Waals surface area (Å²) < 4.78 is 13.0. The Bertz CT molecular complexity index is 862. The van der Waals surface area contributed by atoms with E-state index >= 15 is 0 Å². The fourth-order valence-corrected chi connectivity index (χ4v) is 2.28. The van der Waals surface area contributed by atoms with Gasteiger partial charge in [0.2, 0.25) is 0 Å². The van der Waals surface area contributed by atoms with E-state index in [1.165, 1.54) is 24.0 Å². The van der Waals surface area contributed by atoms with Crippen LogP contribution in [0.15, 0.2) is 48.8 Å². The summed E-state index contributed by atoms with van der Waals surface area (Å²) in [6.07, 6.45) is 1.43. The van der Waals surface area contributed by atoms with E-state index in [4.69, 9.17) is 5.73 Å². The second-order valence-corrected chi connectivity index (χ2v) is 5.49. The predicted octanol–water partition coefficient (Wildman–Crippen LogP) is 4.30. The van der Waals surface area contributed by atoms with E-state index in [9.17, 15) is 4.39 Å². The number of hydrogen-bond acceptors (Lipinski definition) is 5. The normalized spacial score (nSPS) is 10.5. The zero-order chi connectivity index (χ0) is 17.1. The zero-order valence-corrected chi connectivity index (χ0v) is 13.5. The van der Waals surface area contributed by atoms with Crippen LogP contribution in [0.5, 0.6) is 0 Å². The van der Waals surface area contributed by atoms with Gasteiger partial charge in [0.1, 0.15) is 17.8 Å². The lowest BCUT2D eigenvalue weighted by molar-refractivity contribution is 0.628. The van der Waals surface area contributed by atoms with Crippen LogP contribution in [0.1, 0.15) is 11.1 Å². The number of anilines is 5. The molecule has 0 saturated heterocycles. The highest BCUT2D eigenvalue weighted by Gasteiger charge is 2.10. The van der Waals surface area contributed by atoms with Crippen LogP contribution < -0.4 is 16.4 Å². The van der Waals surface area contributed by atoms with E-state index in [0.29, 0.717) is 23.0 Å². The monoisotopic (exact) mass is 323 g/mol. The third-order valence-electron chi connectivity index (χ3n) is 3.85. The molecule has 24 heavy (non-hydrogen) atoms. The Morgan fingerprint density at radius 2 is 1.58 bits per heavy atom. The predicted molar refractivity (Wildman–Crippen MR) is 95.3 cm³/mol. The first kappa shape index (κ1) is 15.7. The number of aromatic nitrogens is 2. The lowest BCUT2D eigenvalue weighted by atomic mass is 10.1. The Morgan fingerprint density at radius 3 is 2.29 bits per heavy atom. The van der Waals surface area contributed by atoms with Gasteiger partial charge in [-0.05, 0) is 55.3 Å². The minimum absolute atomic E-state index is 0.298. The van der Waals surface area contributed by atoms with Crippen molar-refractivity contribution in [2.45, 2.75) is 13.8 Å². The first-order chi connectivity index (χ1) is 11.5. The molecule has 0 amide bonds. The van der Waals surface area contributed by atoms with Gasteiger partial charge in [0.25, 0.3) is 0 Å². The summed E-state index contributed by atoms with van der Waals surface area (Å²) in [4.78, 5) is 8.37. The maximum atomic E-state index is 13.0. The number of nitrogen functional groups attached to an aromatic ring is 1. The summed E-state index contributed by atoms with van der Waals surface area (Å²) in [5, 5.41) is 6.31. The summed E-state index contributed by atoms with van der Waals surface area (Å²) in [5.74, 6) is 0.682. The van der Waals surface area contributed by atoms with Crippen LogP contribution in [-0.2, 0) is 0 Å². The van der Waals surface area contributed by atoms with Crippen LogP contribution in [0, 0.1) is 19.7 Å². The minimum Gasteiger partial charge on any atom is -0.393 e. The number of nitrogens with zero attached hydrogens (tertiary/aromatic N) is 2. The van der Waals surface area contributed by atoms with E-state index in [-0.39, 0.29) is 5.82 Å². The molecule has 0 saturated carbocycles. The van der Waals surface area contributed by atoms with Crippen molar-refractivity contribution in [3.63, 3.8) is 0 Å². The van der Waals surface area contributed by atoms with E-state index < -0.39 is 0 Å². The maximum Gasteiger partial charge on any atom is 0.159 e. The number of aryl methyl sites for hydroxylation is 1. The maximum absolute atomic E-state index is 13.0. The second-order valence-electron chi connectivity index (χ2n) is 5.49. The van der Waals surface area contributed by atoms with E-state index in [1.807, 2.05) is 32.0 Å². The first-order valence-corrected chi connectivity index (χ1v) is 7.51. The largest absolute Gasteiger partial charge is 0.393 e. The van der Waals surface area contributed by atoms with Crippen LogP contribution >= 0.6 is 0 Å². The molecule has 6 heteroatoms. The smallest absolute Gasteiger partial charge is 0.159 e. The summed E-state index contributed by atoms with van der Waals surface area (Å²) in [5.41, 5.74) is 10.5. The van der Waals surface area contributed by atoms with Gasteiger partial charge in [-0.2, -0.15) is 0 Å². The number of halogens is 1. The lowest BCUT2D eigenvalue weighted by Crippen LogP contribution is -2.06. The molecule has 122 valence electrons. The quantitative estimate of drug-likeness (QED) is 0.667. The number of benzene rings is 2. The second kappa shape index (κ2) is 6.54. The Morgan fingerprint density at radius 1 is 0.917 bits per heavy atom. The number of hydrogen-bond donors (Lipinski definition) is 3. The van der Waals surface area contributed by atoms with Gasteiger partial charge >= 0.3 is 0 Å². The molecule has 0 aliphatic heterocycles. The Labute approximate surface area is 139 Å².